The molecule has 6 heteroatoms. The molecule has 3 aromatic rings. The van der Waals surface area contributed by atoms with Gasteiger partial charge in [0.15, 0.2) is 11.5 Å². The Bertz CT molecular complexity index is 964. The van der Waals surface area contributed by atoms with Crippen LogP contribution in [0, 0.1) is 12.8 Å². The molecule has 1 aromatic carbocycles. The molecule has 0 bridgehead atoms. The highest BCUT2D eigenvalue weighted by Crippen LogP contribution is 2.33. The molecule has 0 atom stereocenters. The second kappa shape index (κ2) is 7.10. The number of hydrogen-bond acceptors (Lipinski definition) is 4. The van der Waals surface area contributed by atoms with Crippen molar-refractivity contribution in [3.05, 3.63) is 41.6 Å². The summed E-state index contributed by atoms with van der Waals surface area (Å²) < 4.78 is 6.77. The fourth-order valence-electron chi connectivity index (χ4n) is 3.91. The number of methoxy groups -OCH3 is 1. The first-order chi connectivity index (χ1) is 13.1. The quantitative estimate of drug-likeness (QED) is 0.671. The monoisotopic (exact) mass is 366 g/mol. The van der Waals surface area contributed by atoms with E-state index in [4.69, 9.17) is 9.72 Å². The summed E-state index contributed by atoms with van der Waals surface area (Å²) in [4.78, 5) is 16.9. The van der Waals surface area contributed by atoms with E-state index < -0.39 is 0 Å². The van der Waals surface area contributed by atoms with Crippen molar-refractivity contribution in [3.8, 4) is 11.3 Å². The lowest BCUT2D eigenvalue weighted by Gasteiger charge is -2.27. The lowest BCUT2D eigenvalue weighted by Crippen LogP contribution is -2.26. The molecule has 1 aliphatic carbocycles. The minimum absolute atomic E-state index is 0.389. The van der Waals surface area contributed by atoms with Crippen LogP contribution in [0.4, 0.5) is 5.82 Å². The Balaban J connectivity index is 1.79. The molecule has 2 aromatic heterocycles. The van der Waals surface area contributed by atoms with Gasteiger partial charge in [0, 0.05) is 17.8 Å². The second-order valence-electron chi connectivity index (χ2n) is 7.62. The largest absolute Gasteiger partial charge is 0.465 e. The van der Waals surface area contributed by atoms with Crippen molar-refractivity contribution in [2.75, 3.05) is 12.4 Å². The normalized spacial score (nSPS) is 20.0. The van der Waals surface area contributed by atoms with Crippen LogP contribution >= 0.6 is 0 Å². The van der Waals surface area contributed by atoms with Gasteiger partial charge in [-0.2, -0.15) is 0 Å². The number of hydrogen-bond donors (Lipinski definition) is 2. The molecule has 0 unspecified atom stereocenters. The van der Waals surface area contributed by atoms with Gasteiger partial charge in [-0.1, -0.05) is 30.7 Å². The predicted octanol–water partition coefficient (Wildman–Crippen LogP) is 4.42. The van der Waals surface area contributed by atoms with Crippen LogP contribution in [0.25, 0.3) is 16.9 Å². The van der Waals surface area contributed by atoms with Gasteiger partial charge >= 0.3 is 5.97 Å². The maximum Gasteiger partial charge on any atom is 0.343 e. The second-order valence-corrected chi connectivity index (χ2v) is 7.62. The van der Waals surface area contributed by atoms with E-state index in [1.807, 2.05) is 10.6 Å². The predicted molar refractivity (Wildman–Crippen MR) is 106 cm³/mol. The van der Waals surface area contributed by atoms with Gasteiger partial charge in [-0.25, -0.2) is 14.3 Å². The van der Waals surface area contributed by atoms with E-state index in [0.29, 0.717) is 17.3 Å². The average molecular weight is 366 g/mol. The number of esters is 1. The molecule has 0 saturated heterocycles. The third-order valence-corrected chi connectivity index (χ3v) is 5.51. The number of benzene rings is 1. The van der Waals surface area contributed by atoms with E-state index in [-0.39, 0.29) is 5.97 Å². The molecule has 2 N–H and O–H groups in total. The molecule has 0 spiro atoms. The SMILES string of the molecule is COC(=O)c1c[nH]n2c(NC3CCC(C)CC3)c(-c3cccc(C)c3)nc12. The Hall–Kier alpha value is -2.76. The molecule has 6 nitrogen and oxygen atoms in total. The molecule has 0 amide bonds. The van der Waals surface area contributed by atoms with Gasteiger partial charge in [0.2, 0.25) is 0 Å². The maximum absolute atomic E-state index is 12.1. The summed E-state index contributed by atoms with van der Waals surface area (Å²) in [5.74, 6) is 1.31. The highest BCUT2D eigenvalue weighted by Gasteiger charge is 2.25. The molecule has 4 rings (SSSR count). The number of nitrogens with one attached hydrogen (secondary N) is 2. The smallest absolute Gasteiger partial charge is 0.343 e. The van der Waals surface area contributed by atoms with E-state index in [1.165, 1.54) is 25.5 Å². The van der Waals surface area contributed by atoms with Crippen LogP contribution in [0.5, 0.6) is 0 Å². The van der Waals surface area contributed by atoms with Crippen molar-refractivity contribution < 1.29 is 9.53 Å². The Kier molecular flexibility index (Phi) is 4.64. The number of anilines is 1. The summed E-state index contributed by atoms with van der Waals surface area (Å²) in [6, 6.07) is 8.69. The minimum atomic E-state index is -0.389. The Labute approximate surface area is 158 Å². The van der Waals surface area contributed by atoms with Crippen LogP contribution in [0.1, 0.15) is 48.5 Å². The number of aryl methyl sites for hydroxylation is 1. The van der Waals surface area contributed by atoms with Gasteiger partial charge in [-0.3, -0.25) is 5.10 Å². The molecule has 1 fully saturated rings. The Morgan fingerprint density at radius 2 is 2.07 bits per heavy atom. The number of aromatic amines is 1. The fourth-order valence-corrected chi connectivity index (χ4v) is 3.91. The lowest BCUT2D eigenvalue weighted by atomic mass is 9.87. The number of H-pyrrole nitrogens is 1. The summed E-state index contributed by atoms with van der Waals surface area (Å²) in [5, 5.41) is 6.86. The molecule has 0 radical (unpaired) electrons. The first-order valence-corrected chi connectivity index (χ1v) is 9.58. The van der Waals surface area contributed by atoms with E-state index >= 15 is 0 Å². The number of ether oxygens (including phenoxy) is 1. The van der Waals surface area contributed by atoms with Crippen LogP contribution < -0.4 is 5.32 Å². The van der Waals surface area contributed by atoms with E-state index in [1.54, 1.807) is 6.20 Å². The molecule has 142 valence electrons. The topological polar surface area (TPSA) is 71.4 Å². The first kappa shape index (κ1) is 17.6. The van der Waals surface area contributed by atoms with Crippen LogP contribution in [-0.4, -0.2) is 33.7 Å². The van der Waals surface area contributed by atoms with Gasteiger partial charge < -0.3 is 10.1 Å². The number of carbonyl (C=O) groups excluding carboxylic acids is 1. The standard InChI is InChI=1S/C21H26N4O2/c1-13-7-9-16(10-8-13)23-20-18(15-6-4-5-14(2)11-15)24-19-17(21(26)27-3)12-22-25(19)20/h4-6,11-13,16,22-23H,7-10H2,1-3H3. The van der Waals surface area contributed by atoms with Gasteiger partial charge in [-0.05, 0) is 44.6 Å². The number of imidazole rings is 1. The van der Waals surface area contributed by atoms with Gasteiger partial charge in [-0.15, -0.1) is 0 Å². The van der Waals surface area contributed by atoms with Gasteiger partial charge in [0.1, 0.15) is 11.3 Å². The van der Waals surface area contributed by atoms with Crippen molar-refractivity contribution in [2.24, 2.45) is 5.92 Å². The summed E-state index contributed by atoms with van der Waals surface area (Å²) in [7, 11) is 1.39. The maximum atomic E-state index is 12.1. The zero-order chi connectivity index (χ0) is 19.0. The van der Waals surface area contributed by atoms with Crippen LogP contribution in [0.3, 0.4) is 0 Å². The van der Waals surface area contributed by atoms with Crippen molar-refractivity contribution >= 4 is 17.4 Å². The van der Waals surface area contributed by atoms with E-state index in [9.17, 15) is 4.79 Å². The molecule has 27 heavy (non-hydrogen) atoms. The van der Waals surface area contributed by atoms with Gasteiger partial charge in [0.05, 0.1) is 7.11 Å². The summed E-state index contributed by atoms with van der Waals surface area (Å²) in [6.07, 6.45) is 6.41. The Morgan fingerprint density at radius 1 is 1.30 bits per heavy atom. The van der Waals surface area contributed by atoms with Crippen molar-refractivity contribution in [1.82, 2.24) is 14.6 Å². The Morgan fingerprint density at radius 3 is 2.78 bits per heavy atom. The highest BCUT2D eigenvalue weighted by molar-refractivity contribution is 5.97. The third-order valence-electron chi connectivity index (χ3n) is 5.51. The molecule has 0 aliphatic heterocycles. The average Bonchev–Trinajstić information content (AvgIpc) is 3.23. The summed E-state index contributed by atoms with van der Waals surface area (Å²) in [5.41, 5.74) is 4.10. The van der Waals surface area contributed by atoms with E-state index in [0.717, 1.165) is 35.8 Å². The van der Waals surface area contributed by atoms with Gasteiger partial charge in [0.25, 0.3) is 0 Å². The van der Waals surface area contributed by atoms with E-state index in [2.05, 4.69) is 42.5 Å². The molecular formula is C21H26N4O2. The number of rotatable bonds is 4. The molecule has 1 aliphatic rings. The minimum Gasteiger partial charge on any atom is -0.465 e. The number of nitrogens with zero attached hydrogens (tertiary/aromatic N) is 2. The van der Waals surface area contributed by atoms with Crippen molar-refractivity contribution in [3.63, 3.8) is 0 Å². The third kappa shape index (κ3) is 3.31. The highest BCUT2D eigenvalue weighted by atomic mass is 16.5. The van der Waals surface area contributed by atoms with Crippen molar-refractivity contribution in [2.45, 2.75) is 45.6 Å². The molecule has 1 saturated carbocycles. The zero-order valence-corrected chi connectivity index (χ0v) is 16.1. The summed E-state index contributed by atoms with van der Waals surface area (Å²) >= 11 is 0. The first-order valence-electron chi connectivity index (χ1n) is 9.58. The van der Waals surface area contributed by atoms with Crippen LogP contribution in [0.2, 0.25) is 0 Å². The van der Waals surface area contributed by atoms with Crippen LogP contribution in [0.15, 0.2) is 30.5 Å². The lowest BCUT2D eigenvalue weighted by molar-refractivity contribution is 0.0602. The molecule has 2 heterocycles. The van der Waals surface area contributed by atoms with Crippen molar-refractivity contribution in [1.29, 1.82) is 0 Å². The summed E-state index contributed by atoms with van der Waals surface area (Å²) in [6.45, 7) is 4.39. The zero-order valence-electron chi connectivity index (χ0n) is 16.1. The van der Waals surface area contributed by atoms with Crippen LogP contribution in [-0.2, 0) is 4.74 Å². The number of carbonyl (C=O) groups is 1. The number of aromatic nitrogens is 3. The molecular weight excluding hydrogens is 340 g/mol. The number of fused-ring (bicyclic) bond motifs is 1. The fraction of sp³-hybridized carbons (Fsp3) is 0.429.